The monoisotopic (exact) mass is 413 g/mol. The first kappa shape index (κ1) is 20.7. The summed E-state index contributed by atoms with van der Waals surface area (Å²) < 4.78 is 30.0. The van der Waals surface area contributed by atoms with E-state index in [1.807, 2.05) is 39.0 Å². The van der Waals surface area contributed by atoms with Gasteiger partial charge < -0.3 is 9.84 Å². The van der Waals surface area contributed by atoms with Crippen LogP contribution in [0.2, 0.25) is 0 Å². The van der Waals surface area contributed by atoms with Crippen LogP contribution in [0.5, 0.6) is 0 Å². The average molecular weight is 413 g/mol. The summed E-state index contributed by atoms with van der Waals surface area (Å²) in [6.45, 7) is 5.81. The highest BCUT2D eigenvalue weighted by Crippen LogP contribution is 2.18. The number of hydrogen-bond donors (Lipinski definition) is 1. The third kappa shape index (κ3) is 5.51. The first-order valence-corrected chi connectivity index (χ1v) is 10.9. The highest BCUT2D eigenvalue weighted by Gasteiger charge is 2.19. The van der Waals surface area contributed by atoms with Crippen molar-refractivity contribution in [3.63, 3.8) is 0 Å². The Kier molecular flexibility index (Phi) is 6.12. The van der Waals surface area contributed by atoms with E-state index in [9.17, 15) is 13.2 Å². The number of carbonyl (C=O) groups excluding carboxylic acids is 1. The number of aryl methyl sites for hydroxylation is 4. The smallest absolute Gasteiger partial charge is 0.227 e. The number of anilines is 1. The summed E-state index contributed by atoms with van der Waals surface area (Å²) in [6.07, 6.45) is 0.383. The van der Waals surface area contributed by atoms with Crippen LogP contribution >= 0.6 is 0 Å². The molecule has 0 bridgehead atoms. The van der Waals surface area contributed by atoms with E-state index in [1.54, 1.807) is 24.3 Å². The van der Waals surface area contributed by atoms with Gasteiger partial charge in [0.2, 0.25) is 11.8 Å². The normalized spacial score (nSPS) is 11.4. The Labute approximate surface area is 170 Å². The van der Waals surface area contributed by atoms with E-state index < -0.39 is 9.84 Å². The fraction of sp³-hybridized carbons (Fsp3) is 0.286. The predicted molar refractivity (Wildman–Crippen MR) is 109 cm³/mol. The summed E-state index contributed by atoms with van der Waals surface area (Å²) in [6, 6.07) is 12.4. The fourth-order valence-corrected chi connectivity index (χ4v) is 4.01. The zero-order valence-electron chi connectivity index (χ0n) is 16.6. The number of aromatic nitrogens is 2. The van der Waals surface area contributed by atoms with Gasteiger partial charge in [0.25, 0.3) is 0 Å². The molecular formula is C21H23N3O4S. The van der Waals surface area contributed by atoms with Crippen LogP contribution in [0.15, 0.2) is 51.9 Å². The SMILES string of the molecule is Cc1ccc(S(=O)(=O)Cc2noc(CCC(=O)Nc3ccc(C)cc3C)n2)cc1. The molecule has 1 N–H and O–H groups in total. The van der Waals surface area contributed by atoms with E-state index in [-0.39, 0.29) is 41.1 Å². The molecule has 7 nitrogen and oxygen atoms in total. The lowest BCUT2D eigenvalue weighted by atomic mass is 10.1. The summed E-state index contributed by atoms with van der Waals surface area (Å²) in [5.41, 5.74) is 3.85. The van der Waals surface area contributed by atoms with Gasteiger partial charge in [-0.2, -0.15) is 4.98 Å². The molecule has 0 aliphatic carbocycles. The molecule has 8 heteroatoms. The first-order valence-electron chi connectivity index (χ1n) is 9.21. The highest BCUT2D eigenvalue weighted by atomic mass is 32.2. The summed E-state index contributed by atoms with van der Waals surface area (Å²) in [4.78, 5) is 16.5. The third-order valence-electron chi connectivity index (χ3n) is 4.43. The van der Waals surface area contributed by atoms with Crippen molar-refractivity contribution in [3.05, 3.63) is 70.9 Å². The molecule has 0 saturated carbocycles. The number of nitrogens with zero attached hydrogens (tertiary/aromatic N) is 2. The van der Waals surface area contributed by atoms with Crippen LogP contribution in [0, 0.1) is 20.8 Å². The van der Waals surface area contributed by atoms with Crippen molar-refractivity contribution in [1.82, 2.24) is 10.1 Å². The van der Waals surface area contributed by atoms with Crippen molar-refractivity contribution >= 4 is 21.4 Å². The molecule has 3 rings (SSSR count). The second kappa shape index (κ2) is 8.57. The molecule has 1 heterocycles. The quantitative estimate of drug-likeness (QED) is 0.636. The maximum absolute atomic E-state index is 12.5. The van der Waals surface area contributed by atoms with Gasteiger partial charge in [-0.05, 0) is 44.5 Å². The standard InChI is InChI=1S/C21H23N3O4S/c1-14-4-7-17(8-5-14)29(26,27)13-19-23-21(28-24-19)11-10-20(25)22-18-9-6-15(2)12-16(18)3/h4-9,12H,10-11,13H2,1-3H3,(H,22,25). The summed E-state index contributed by atoms with van der Waals surface area (Å²) in [7, 11) is -3.56. The van der Waals surface area contributed by atoms with Crippen LogP contribution in [-0.2, 0) is 26.8 Å². The molecule has 0 saturated heterocycles. The van der Waals surface area contributed by atoms with Crippen LogP contribution in [0.25, 0.3) is 0 Å². The summed E-state index contributed by atoms with van der Waals surface area (Å²) >= 11 is 0. The second-order valence-corrected chi connectivity index (χ2v) is 9.03. The van der Waals surface area contributed by atoms with E-state index in [2.05, 4.69) is 15.5 Å². The molecule has 0 spiro atoms. The molecular weight excluding hydrogens is 390 g/mol. The topological polar surface area (TPSA) is 102 Å². The minimum atomic E-state index is -3.56. The van der Waals surface area contributed by atoms with Gasteiger partial charge >= 0.3 is 0 Å². The summed E-state index contributed by atoms with van der Waals surface area (Å²) in [5.74, 6) is -0.219. The lowest BCUT2D eigenvalue weighted by Crippen LogP contribution is -2.13. The van der Waals surface area contributed by atoms with Gasteiger partial charge in [-0.25, -0.2) is 8.42 Å². The van der Waals surface area contributed by atoms with Crippen molar-refractivity contribution < 1.29 is 17.7 Å². The number of carbonyl (C=O) groups is 1. The van der Waals surface area contributed by atoms with Gasteiger partial charge in [-0.3, -0.25) is 4.79 Å². The molecule has 0 aliphatic heterocycles. The molecule has 3 aromatic rings. The lowest BCUT2D eigenvalue weighted by Gasteiger charge is -2.08. The van der Waals surface area contributed by atoms with Gasteiger partial charge in [0, 0.05) is 18.5 Å². The zero-order chi connectivity index (χ0) is 21.0. The van der Waals surface area contributed by atoms with E-state index >= 15 is 0 Å². The Morgan fingerprint density at radius 2 is 1.72 bits per heavy atom. The lowest BCUT2D eigenvalue weighted by molar-refractivity contribution is -0.116. The second-order valence-electron chi connectivity index (χ2n) is 7.04. The van der Waals surface area contributed by atoms with E-state index in [0.29, 0.717) is 0 Å². The molecule has 0 fully saturated rings. The highest BCUT2D eigenvalue weighted by molar-refractivity contribution is 7.90. The predicted octanol–water partition coefficient (Wildman–Crippen LogP) is 3.54. The van der Waals surface area contributed by atoms with Crippen molar-refractivity contribution in [3.8, 4) is 0 Å². The van der Waals surface area contributed by atoms with Crippen LogP contribution in [0.1, 0.15) is 34.8 Å². The van der Waals surface area contributed by atoms with Gasteiger partial charge in [-0.15, -0.1) is 0 Å². The van der Waals surface area contributed by atoms with Gasteiger partial charge in [-0.1, -0.05) is 40.5 Å². The molecule has 0 atom stereocenters. The van der Waals surface area contributed by atoms with Crippen molar-refractivity contribution in [1.29, 1.82) is 0 Å². The maximum Gasteiger partial charge on any atom is 0.227 e. The van der Waals surface area contributed by atoms with Crippen LogP contribution in [0.3, 0.4) is 0 Å². The Balaban J connectivity index is 1.57. The molecule has 0 radical (unpaired) electrons. The third-order valence-corrected chi connectivity index (χ3v) is 6.06. The molecule has 1 aromatic heterocycles. The van der Waals surface area contributed by atoms with Gasteiger partial charge in [0.05, 0.1) is 4.90 Å². The number of sulfone groups is 1. The minimum Gasteiger partial charge on any atom is -0.339 e. The average Bonchev–Trinajstić information content (AvgIpc) is 3.09. The Morgan fingerprint density at radius 3 is 2.41 bits per heavy atom. The van der Waals surface area contributed by atoms with E-state index in [0.717, 1.165) is 22.4 Å². The summed E-state index contributed by atoms with van der Waals surface area (Å²) in [5, 5.41) is 6.59. The molecule has 29 heavy (non-hydrogen) atoms. The molecule has 152 valence electrons. The van der Waals surface area contributed by atoms with Crippen LogP contribution < -0.4 is 5.32 Å². The Hall–Kier alpha value is -3.00. The minimum absolute atomic E-state index is 0.0790. The van der Waals surface area contributed by atoms with Crippen LogP contribution in [0.4, 0.5) is 5.69 Å². The maximum atomic E-state index is 12.5. The number of amides is 1. The van der Waals surface area contributed by atoms with E-state index in [4.69, 9.17) is 4.52 Å². The van der Waals surface area contributed by atoms with Gasteiger partial charge in [0.1, 0.15) is 5.75 Å². The van der Waals surface area contributed by atoms with Crippen LogP contribution in [-0.4, -0.2) is 24.5 Å². The number of nitrogens with one attached hydrogen (secondary N) is 1. The Morgan fingerprint density at radius 1 is 1.03 bits per heavy atom. The van der Waals surface area contributed by atoms with E-state index in [1.165, 1.54) is 0 Å². The van der Waals surface area contributed by atoms with Gasteiger partial charge in [0.15, 0.2) is 15.7 Å². The van der Waals surface area contributed by atoms with Crippen molar-refractivity contribution in [2.24, 2.45) is 0 Å². The number of rotatable bonds is 7. The first-order chi connectivity index (χ1) is 13.7. The van der Waals surface area contributed by atoms with Crippen molar-refractivity contribution in [2.45, 2.75) is 44.3 Å². The fourth-order valence-electron chi connectivity index (χ4n) is 2.84. The Bertz CT molecular complexity index is 1120. The number of hydrogen-bond acceptors (Lipinski definition) is 6. The number of benzene rings is 2. The molecule has 0 unspecified atom stereocenters. The van der Waals surface area contributed by atoms with Crippen molar-refractivity contribution in [2.75, 3.05) is 5.32 Å². The molecule has 0 aliphatic rings. The largest absolute Gasteiger partial charge is 0.339 e. The molecule has 2 aromatic carbocycles. The molecule has 1 amide bonds. The zero-order valence-corrected chi connectivity index (χ0v) is 17.4.